The van der Waals surface area contributed by atoms with Crippen molar-refractivity contribution in [1.82, 2.24) is 0 Å². The lowest BCUT2D eigenvalue weighted by Crippen LogP contribution is -2.00. The van der Waals surface area contributed by atoms with Crippen molar-refractivity contribution in [2.24, 2.45) is 0 Å². The van der Waals surface area contributed by atoms with Gasteiger partial charge in [-0.1, -0.05) is 34.9 Å². The highest BCUT2D eigenvalue weighted by molar-refractivity contribution is 7.72. The highest BCUT2D eigenvalue weighted by atomic mass is 31.2. The van der Waals surface area contributed by atoms with Crippen molar-refractivity contribution in [2.75, 3.05) is 18.9 Å². The number of allylic oxidation sites excluding steroid dienone is 5. The number of hydrogen-bond donors (Lipinski definition) is 3. The standard InChI is InChI=1S/C17H32O6P2/c1-15(2)7-5-8-16(3)9-6-10-17(4)11-12-23-13-24(18,19)14-25(20,21)22/h7,9,11H,5-6,8,10,12-14H2,1-4H3,(H,18,19)(H2,20,21,22)/b16-9+,17-11+. The molecule has 0 radical (unpaired) electrons. The SMILES string of the molecule is CC(C)=CCC/C(C)=C/CC/C(C)=C/COCP(=O)(O)CP(=O)(O)O. The molecule has 0 spiro atoms. The molecule has 25 heavy (non-hydrogen) atoms. The van der Waals surface area contributed by atoms with Crippen LogP contribution in [0.3, 0.4) is 0 Å². The molecule has 0 saturated carbocycles. The van der Waals surface area contributed by atoms with Crippen LogP contribution in [-0.4, -0.2) is 33.5 Å². The first-order valence-corrected chi connectivity index (χ1v) is 12.1. The van der Waals surface area contributed by atoms with Crippen LogP contribution in [0.2, 0.25) is 0 Å². The zero-order valence-electron chi connectivity index (χ0n) is 15.6. The fourth-order valence-electron chi connectivity index (χ4n) is 2.06. The summed E-state index contributed by atoms with van der Waals surface area (Å²) in [7, 11) is -8.47. The molecule has 146 valence electrons. The van der Waals surface area contributed by atoms with E-state index in [2.05, 4.69) is 32.9 Å². The molecule has 3 N–H and O–H groups in total. The largest absolute Gasteiger partial charge is 0.367 e. The van der Waals surface area contributed by atoms with Gasteiger partial charge in [0.1, 0.15) is 12.3 Å². The van der Waals surface area contributed by atoms with Crippen LogP contribution in [0.4, 0.5) is 0 Å². The lowest BCUT2D eigenvalue weighted by Gasteiger charge is -2.12. The van der Waals surface area contributed by atoms with E-state index in [4.69, 9.17) is 14.5 Å². The van der Waals surface area contributed by atoms with Crippen LogP contribution in [0.15, 0.2) is 34.9 Å². The smallest absolute Gasteiger partial charge is 0.335 e. The van der Waals surface area contributed by atoms with Gasteiger partial charge in [0.2, 0.25) is 7.37 Å². The van der Waals surface area contributed by atoms with Crippen molar-refractivity contribution in [3.8, 4) is 0 Å². The lowest BCUT2D eigenvalue weighted by molar-refractivity contribution is 0.199. The van der Waals surface area contributed by atoms with E-state index in [0.717, 1.165) is 31.3 Å². The summed E-state index contributed by atoms with van der Waals surface area (Å²) in [6.07, 6.45) is 9.65. The van der Waals surface area contributed by atoms with E-state index in [9.17, 15) is 14.0 Å². The maximum Gasteiger partial charge on any atom is 0.335 e. The molecule has 0 aromatic carbocycles. The normalized spacial score (nSPS) is 15.8. The first-order valence-electron chi connectivity index (χ1n) is 8.29. The Balaban J connectivity index is 4.08. The minimum absolute atomic E-state index is 0.154. The van der Waals surface area contributed by atoms with E-state index in [1.54, 1.807) is 0 Å². The van der Waals surface area contributed by atoms with Crippen molar-refractivity contribution < 1.29 is 28.5 Å². The average molecular weight is 394 g/mol. The Bertz CT molecular complexity index is 582. The fraction of sp³-hybridized carbons (Fsp3) is 0.647. The van der Waals surface area contributed by atoms with Crippen molar-refractivity contribution in [2.45, 2.75) is 53.4 Å². The molecule has 0 heterocycles. The van der Waals surface area contributed by atoms with Crippen molar-refractivity contribution >= 4 is 15.0 Å². The van der Waals surface area contributed by atoms with Crippen LogP contribution in [0.25, 0.3) is 0 Å². The second-order valence-electron chi connectivity index (χ2n) is 6.61. The third kappa shape index (κ3) is 16.7. The third-order valence-corrected chi connectivity index (χ3v) is 7.20. The Kier molecular flexibility index (Phi) is 11.8. The molecule has 1 unspecified atom stereocenters. The van der Waals surface area contributed by atoms with E-state index in [1.807, 2.05) is 13.0 Å². The Labute approximate surface area is 151 Å². The van der Waals surface area contributed by atoms with Crippen LogP contribution in [0.5, 0.6) is 0 Å². The minimum atomic E-state index is -4.51. The van der Waals surface area contributed by atoms with Gasteiger partial charge >= 0.3 is 7.60 Å². The van der Waals surface area contributed by atoms with E-state index in [1.165, 1.54) is 11.1 Å². The topological polar surface area (TPSA) is 104 Å². The fourth-order valence-corrected chi connectivity index (χ4v) is 5.08. The molecular formula is C17H32O6P2. The third-order valence-electron chi connectivity index (χ3n) is 3.37. The predicted octanol–water partition coefficient (Wildman–Crippen LogP) is 4.79. The molecule has 0 amide bonds. The van der Waals surface area contributed by atoms with Crippen molar-refractivity contribution in [3.63, 3.8) is 0 Å². The highest BCUT2D eigenvalue weighted by Crippen LogP contribution is 2.54. The van der Waals surface area contributed by atoms with Gasteiger partial charge in [0.15, 0.2) is 0 Å². The highest BCUT2D eigenvalue weighted by Gasteiger charge is 2.29. The quantitative estimate of drug-likeness (QED) is 0.250. The molecule has 0 fully saturated rings. The van der Waals surface area contributed by atoms with Gasteiger partial charge in [0, 0.05) is 0 Å². The van der Waals surface area contributed by atoms with Gasteiger partial charge in [0.25, 0.3) is 0 Å². The average Bonchev–Trinajstić information content (AvgIpc) is 2.40. The molecule has 0 aromatic heterocycles. The van der Waals surface area contributed by atoms with Gasteiger partial charge in [-0.25, -0.2) is 0 Å². The van der Waals surface area contributed by atoms with Crippen molar-refractivity contribution in [3.05, 3.63) is 34.9 Å². The van der Waals surface area contributed by atoms with Crippen LogP contribution < -0.4 is 0 Å². The van der Waals surface area contributed by atoms with Gasteiger partial charge in [-0.2, -0.15) is 0 Å². The first kappa shape index (κ1) is 24.5. The summed E-state index contributed by atoms with van der Waals surface area (Å²) in [4.78, 5) is 26.9. The van der Waals surface area contributed by atoms with Crippen LogP contribution in [0, 0.1) is 0 Å². The Hall–Kier alpha value is -0.480. The molecule has 0 aliphatic heterocycles. The summed E-state index contributed by atoms with van der Waals surface area (Å²) in [5, 5.41) is 0. The summed E-state index contributed by atoms with van der Waals surface area (Å²) >= 11 is 0. The van der Waals surface area contributed by atoms with E-state index < -0.39 is 27.2 Å². The number of ether oxygens (including phenoxy) is 1. The molecule has 0 aliphatic rings. The van der Waals surface area contributed by atoms with E-state index in [0.29, 0.717) is 0 Å². The minimum Gasteiger partial charge on any atom is -0.367 e. The monoisotopic (exact) mass is 394 g/mol. The van der Waals surface area contributed by atoms with Crippen LogP contribution >= 0.6 is 15.0 Å². The first-order chi connectivity index (χ1) is 11.4. The summed E-state index contributed by atoms with van der Waals surface area (Å²) in [6, 6.07) is 0. The van der Waals surface area contributed by atoms with E-state index >= 15 is 0 Å². The van der Waals surface area contributed by atoms with Crippen LogP contribution in [-0.2, 0) is 13.9 Å². The van der Waals surface area contributed by atoms with Gasteiger partial charge < -0.3 is 19.4 Å². The second kappa shape index (κ2) is 12.0. The summed E-state index contributed by atoms with van der Waals surface area (Å²) in [5.41, 5.74) is 3.80. The van der Waals surface area contributed by atoms with Crippen LogP contribution in [0.1, 0.15) is 53.4 Å². The number of hydrogen-bond acceptors (Lipinski definition) is 3. The molecule has 0 rings (SSSR count). The summed E-state index contributed by atoms with van der Waals surface area (Å²) in [5.74, 6) is -1.04. The molecule has 0 saturated heterocycles. The lowest BCUT2D eigenvalue weighted by atomic mass is 10.1. The second-order valence-corrected chi connectivity index (χ2v) is 11.0. The van der Waals surface area contributed by atoms with E-state index in [-0.39, 0.29) is 6.61 Å². The molecule has 0 aromatic rings. The molecule has 1 atom stereocenters. The zero-order chi connectivity index (χ0) is 19.5. The maximum absolute atomic E-state index is 11.6. The molecule has 6 nitrogen and oxygen atoms in total. The van der Waals surface area contributed by atoms with Gasteiger partial charge in [-0.05, 0) is 53.4 Å². The summed E-state index contributed by atoms with van der Waals surface area (Å²) < 4.78 is 27.4. The Morgan fingerprint density at radius 2 is 1.40 bits per heavy atom. The maximum atomic E-state index is 11.6. The van der Waals surface area contributed by atoms with Gasteiger partial charge in [-0.15, -0.1) is 0 Å². The predicted molar refractivity (Wildman–Crippen MR) is 103 cm³/mol. The van der Waals surface area contributed by atoms with Gasteiger partial charge in [0.05, 0.1) is 6.61 Å². The molecule has 0 aliphatic carbocycles. The Morgan fingerprint density at radius 3 is 1.92 bits per heavy atom. The Morgan fingerprint density at radius 1 is 0.880 bits per heavy atom. The molecule has 8 heteroatoms. The number of rotatable bonds is 12. The molecular weight excluding hydrogens is 362 g/mol. The summed E-state index contributed by atoms with van der Waals surface area (Å²) in [6.45, 7) is 8.43. The van der Waals surface area contributed by atoms with Gasteiger partial charge in [-0.3, -0.25) is 9.13 Å². The molecule has 0 bridgehead atoms. The van der Waals surface area contributed by atoms with Crippen molar-refractivity contribution in [1.29, 1.82) is 0 Å². The zero-order valence-corrected chi connectivity index (χ0v) is 17.4.